The van der Waals surface area contributed by atoms with Gasteiger partial charge < -0.3 is 10.6 Å². The van der Waals surface area contributed by atoms with Crippen molar-refractivity contribution < 1.29 is 30.7 Å². The number of rotatable bonds is 8. The second-order valence-corrected chi connectivity index (χ2v) is 9.25. The Labute approximate surface area is 220 Å². The van der Waals surface area contributed by atoms with Crippen molar-refractivity contribution in [3.63, 3.8) is 0 Å². The SMILES string of the molecule is C=C(CNC(=S)c1ccc(/C=C/C(c2cc(Cl)c(F)c(Cl)c2)C(F)(F)F)cc1Br)NCC(F)(F)F. The number of nitrogens with one attached hydrogen (secondary N) is 2. The molecule has 0 aliphatic carbocycles. The molecule has 0 amide bonds. The highest BCUT2D eigenvalue weighted by Crippen LogP contribution is 2.39. The van der Waals surface area contributed by atoms with E-state index in [0.717, 1.165) is 18.2 Å². The summed E-state index contributed by atoms with van der Waals surface area (Å²) in [5.41, 5.74) is 0.587. The van der Waals surface area contributed by atoms with Gasteiger partial charge in [0, 0.05) is 15.7 Å². The Morgan fingerprint density at radius 1 is 1.06 bits per heavy atom. The number of allylic oxidation sites excluding steroid dienone is 1. The summed E-state index contributed by atoms with van der Waals surface area (Å²) in [6, 6.07) is 6.27. The van der Waals surface area contributed by atoms with Crippen LogP contribution in [0, 0.1) is 5.82 Å². The quantitative estimate of drug-likeness (QED) is 0.176. The second-order valence-electron chi connectivity index (χ2n) is 7.17. The molecule has 35 heavy (non-hydrogen) atoms. The van der Waals surface area contributed by atoms with E-state index in [1.54, 1.807) is 0 Å². The van der Waals surface area contributed by atoms with Gasteiger partial charge in [0.2, 0.25) is 0 Å². The van der Waals surface area contributed by atoms with Crippen LogP contribution in [0.25, 0.3) is 6.08 Å². The van der Waals surface area contributed by atoms with Crippen molar-refractivity contribution in [3.05, 3.63) is 85.7 Å². The molecule has 0 aliphatic rings. The van der Waals surface area contributed by atoms with Crippen LogP contribution in [-0.4, -0.2) is 30.4 Å². The highest BCUT2D eigenvalue weighted by Gasteiger charge is 2.39. The van der Waals surface area contributed by atoms with E-state index >= 15 is 0 Å². The first kappa shape index (κ1) is 29.4. The summed E-state index contributed by atoms with van der Waals surface area (Å²) in [6.07, 6.45) is -6.99. The van der Waals surface area contributed by atoms with Gasteiger partial charge in [0.25, 0.3) is 0 Å². The summed E-state index contributed by atoms with van der Waals surface area (Å²) < 4.78 is 91.7. The molecule has 13 heteroatoms. The van der Waals surface area contributed by atoms with Crippen molar-refractivity contribution in [1.82, 2.24) is 10.6 Å². The third kappa shape index (κ3) is 8.96. The number of hydrogen-bond acceptors (Lipinski definition) is 2. The molecule has 1 unspecified atom stereocenters. The number of benzene rings is 2. The number of hydrogen-bond donors (Lipinski definition) is 2. The molecule has 2 N–H and O–H groups in total. The van der Waals surface area contributed by atoms with Crippen LogP contribution in [0.1, 0.15) is 22.6 Å². The lowest BCUT2D eigenvalue weighted by atomic mass is 9.97. The fourth-order valence-electron chi connectivity index (χ4n) is 2.76. The average Bonchev–Trinajstić information content (AvgIpc) is 2.73. The van der Waals surface area contributed by atoms with Gasteiger partial charge in [0.05, 0.1) is 22.5 Å². The molecule has 2 rings (SSSR count). The van der Waals surface area contributed by atoms with Crippen molar-refractivity contribution in [3.8, 4) is 0 Å². The molecular weight excluding hydrogens is 608 g/mol. The van der Waals surface area contributed by atoms with Crippen LogP contribution in [-0.2, 0) is 0 Å². The predicted molar refractivity (Wildman–Crippen MR) is 131 cm³/mol. The highest BCUT2D eigenvalue weighted by molar-refractivity contribution is 9.10. The molecule has 0 spiro atoms. The van der Waals surface area contributed by atoms with Gasteiger partial charge in [-0.2, -0.15) is 26.3 Å². The Kier molecular flexibility index (Phi) is 10.0. The van der Waals surface area contributed by atoms with Crippen LogP contribution in [0.15, 0.2) is 53.2 Å². The molecule has 0 saturated heterocycles. The van der Waals surface area contributed by atoms with Gasteiger partial charge in [-0.05, 0) is 29.3 Å². The molecule has 0 heterocycles. The molecule has 0 radical (unpaired) electrons. The topological polar surface area (TPSA) is 24.1 Å². The monoisotopic (exact) mass is 622 g/mol. The number of thiocarbonyl (C=S) groups is 1. The lowest BCUT2D eigenvalue weighted by Crippen LogP contribution is -2.34. The Balaban J connectivity index is 2.15. The Bertz CT molecular complexity index is 1110. The third-order valence-corrected chi connectivity index (χ3v) is 6.01. The number of alkyl halides is 6. The molecule has 2 aromatic rings. The summed E-state index contributed by atoms with van der Waals surface area (Å²) in [7, 11) is 0. The molecule has 0 aromatic heterocycles. The van der Waals surface area contributed by atoms with Crippen molar-refractivity contribution in [1.29, 1.82) is 0 Å². The van der Waals surface area contributed by atoms with Crippen LogP contribution in [0.2, 0.25) is 10.0 Å². The summed E-state index contributed by atoms with van der Waals surface area (Å²) in [5, 5.41) is 3.82. The Morgan fingerprint density at radius 2 is 1.66 bits per heavy atom. The van der Waals surface area contributed by atoms with Gasteiger partial charge in [-0.15, -0.1) is 0 Å². The zero-order chi connectivity index (χ0) is 26.6. The van der Waals surface area contributed by atoms with Gasteiger partial charge >= 0.3 is 12.4 Å². The molecular formula is C22H16BrCl2F7N2S. The molecule has 2 aromatic carbocycles. The van der Waals surface area contributed by atoms with Crippen LogP contribution in [0.3, 0.4) is 0 Å². The van der Waals surface area contributed by atoms with E-state index in [1.165, 1.54) is 24.3 Å². The van der Waals surface area contributed by atoms with Crippen LogP contribution in [0.4, 0.5) is 30.7 Å². The van der Waals surface area contributed by atoms with Crippen molar-refractivity contribution in [2.75, 3.05) is 13.1 Å². The smallest absolute Gasteiger partial charge is 0.379 e. The zero-order valence-electron chi connectivity index (χ0n) is 17.4. The fraction of sp³-hybridized carbons (Fsp3) is 0.227. The van der Waals surface area contributed by atoms with E-state index in [0.29, 0.717) is 15.6 Å². The first-order valence-electron chi connectivity index (χ1n) is 9.54. The molecule has 0 saturated carbocycles. The Hall–Kier alpha value is -1.82. The highest BCUT2D eigenvalue weighted by atomic mass is 79.9. The van der Waals surface area contributed by atoms with E-state index in [1.807, 2.05) is 0 Å². The summed E-state index contributed by atoms with van der Waals surface area (Å²) in [5.74, 6) is -3.11. The van der Waals surface area contributed by atoms with E-state index < -0.39 is 40.7 Å². The first-order chi connectivity index (χ1) is 16.1. The van der Waals surface area contributed by atoms with E-state index in [2.05, 4.69) is 33.1 Å². The van der Waals surface area contributed by atoms with E-state index in [-0.39, 0.29) is 22.8 Å². The predicted octanol–water partition coefficient (Wildman–Crippen LogP) is 8.19. The lowest BCUT2D eigenvalue weighted by Gasteiger charge is -2.18. The summed E-state index contributed by atoms with van der Waals surface area (Å²) in [6.45, 7) is 2.17. The van der Waals surface area contributed by atoms with Gasteiger partial charge in [-0.3, -0.25) is 0 Å². The molecule has 1 atom stereocenters. The fourth-order valence-corrected chi connectivity index (χ4v) is 4.24. The minimum absolute atomic E-state index is 0.0690. The van der Waals surface area contributed by atoms with Crippen LogP contribution >= 0.6 is 51.3 Å². The minimum atomic E-state index is -4.70. The maximum absolute atomic E-state index is 13.7. The van der Waals surface area contributed by atoms with Crippen LogP contribution < -0.4 is 10.6 Å². The van der Waals surface area contributed by atoms with Crippen molar-refractivity contribution >= 4 is 62.4 Å². The van der Waals surface area contributed by atoms with Gasteiger partial charge in [0.1, 0.15) is 11.5 Å². The standard InChI is InChI=1S/C22H16BrCl2F7N2S/c1-11(34-10-21(27,28)29)9-33-20(35)14-4-2-12(6-16(14)23)3-5-15(22(30,31)32)13-7-17(24)19(26)18(25)8-13/h2-8,15,34H,1,9-10H2,(H,33,35)/b5-3+. The Morgan fingerprint density at radius 3 is 2.17 bits per heavy atom. The minimum Gasteiger partial charge on any atom is -0.379 e. The van der Waals surface area contributed by atoms with E-state index in [9.17, 15) is 30.7 Å². The summed E-state index contributed by atoms with van der Waals surface area (Å²) >= 11 is 19.8. The van der Waals surface area contributed by atoms with Gasteiger partial charge in [0.15, 0.2) is 5.82 Å². The number of halogens is 10. The average molecular weight is 624 g/mol. The molecule has 2 nitrogen and oxygen atoms in total. The third-order valence-electron chi connectivity index (χ3n) is 4.44. The maximum atomic E-state index is 13.7. The zero-order valence-corrected chi connectivity index (χ0v) is 21.3. The molecule has 0 aliphatic heterocycles. The first-order valence-corrected chi connectivity index (χ1v) is 11.5. The van der Waals surface area contributed by atoms with E-state index in [4.69, 9.17) is 35.4 Å². The molecule has 190 valence electrons. The van der Waals surface area contributed by atoms with Gasteiger partial charge in [-0.25, -0.2) is 4.39 Å². The maximum Gasteiger partial charge on any atom is 0.405 e. The lowest BCUT2D eigenvalue weighted by molar-refractivity contribution is -0.139. The van der Waals surface area contributed by atoms with Gasteiger partial charge in [-0.1, -0.05) is 82.2 Å². The second kappa shape index (κ2) is 11.9. The van der Waals surface area contributed by atoms with Crippen molar-refractivity contribution in [2.45, 2.75) is 18.3 Å². The summed E-state index contributed by atoms with van der Waals surface area (Å²) in [4.78, 5) is 0.186. The normalized spacial score (nSPS) is 13.1. The van der Waals surface area contributed by atoms with Crippen molar-refractivity contribution in [2.24, 2.45) is 0 Å². The molecule has 0 bridgehead atoms. The largest absolute Gasteiger partial charge is 0.405 e. The van der Waals surface area contributed by atoms with Crippen LogP contribution in [0.5, 0.6) is 0 Å². The molecule has 0 fully saturated rings.